The number of carbonyl (C=O) groups is 2. The van der Waals surface area contributed by atoms with Crippen molar-refractivity contribution in [2.24, 2.45) is 0 Å². The Morgan fingerprint density at radius 2 is 2.12 bits per heavy atom. The third-order valence-electron chi connectivity index (χ3n) is 1.91. The summed E-state index contributed by atoms with van der Waals surface area (Å²) in [6, 6.07) is 3.72. The highest BCUT2D eigenvalue weighted by Gasteiger charge is 2.11. The number of ether oxygens (including phenoxy) is 1. The molecule has 0 fully saturated rings. The zero-order chi connectivity index (χ0) is 12.8. The molecule has 0 bridgehead atoms. The second-order valence-electron chi connectivity index (χ2n) is 3.30. The highest BCUT2D eigenvalue weighted by atomic mass is 16.5. The first kappa shape index (κ1) is 12.8. The molecule has 0 saturated carbocycles. The number of carbonyl (C=O) groups excluding carboxylic acids is 1. The molecule has 0 radical (unpaired) electrons. The summed E-state index contributed by atoms with van der Waals surface area (Å²) in [5.41, 5.74) is 0.0473. The lowest BCUT2D eigenvalue weighted by molar-refractivity contribution is 0.0693. The van der Waals surface area contributed by atoms with Crippen LogP contribution in [0.3, 0.4) is 0 Å². The first-order valence-corrected chi connectivity index (χ1v) is 5.04. The average molecular weight is 239 g/mol. The van der Waals surface area contributed by atoms with Gasteiger partial charge in [0.15, 0.2) is 0 Å². The van der Waals surface area contributed by atoms with E-state index in [1.165, 1.54) is 12.1 Å². The maximum Gasteiger partial charge on any atom is 0.411 e. The van der Waals surface area contributed by atoms with Crippen LogP contribution in [0.4, 0.5) is 10.5 Å². The zero-order valence-electron chi connectivity index (χ0n) is 9.27. The van der Waals surface area contributed by atoms with Crippen LogP contribution in [0.2, 0.25) is 0 Å². The summed E-state index contributed by atoms with van der Waals surface area (Å²) in [7, 11) is 0. The van der Waals surface area contributed by atoms with Gasteiger partial charge in [-0.3, -0.25) is 5.32 Å². The Labute approximate surface area is 97.8 Å². The maximum atomic E-state index is 11.2. The molecular formula is C11H13NO5. The van der Waals surface area contributed by atoms with E-state index in [0.717, 1.165) is 6.07 Å². The number of carboxylic acids is 1. The number of rotatable bonds is 4. The van der Waals surface area contributed by atoms with E-state index in [9.17, 15) is 14.7 Å². The van der Waals surface area contributed by atoms with Crippen molar-refractivity contribution >= 4 is 17.7 Å². The number of amides is 1. The summed E-state index contributed by atoms with van der Waals surface area (Å²) < 4.78 is 4.76. The second-order valence-corrected chi connectivity index (χ2v) is 3.30. The summed E-state index contributed by atoms with van der Waals surface area (Å²) in [5.74, 6) is -1.64. The standard InChI is InChI=1S/C11H13NO5/c1-2-5-17-11(16)12-7-3-4-8(10(14)15)9(13)6-7/h3-4,6,13H,2,5H2,1H3,(H,12,16)(H,14,15). The largest absolute Gasteiger partial charge is 0.507 e. The van der Waals surface area contributed by atoms with Crippen LogP contribution in [0.1, 0.15) is 23.7 Å². The highest BCUT2D eigenvalue weighted by Crippen LogP contribution is 2.21. The Bertz CT molecular complexity index is 430. The van der Waals surface area contributed by atoms with Crippen molar-refractivity contribution in [3.63, 3.8) is 0 Å². The lowest BCUT2D eigenvalue weighted by Gasteiger charge is -2.07. The first-order valence-electron chi connectivity index (χ1n) is 5.04. The molecule has 1 aromatic carbocycles. The van der Waals surface area contributed by atoms with Gasteiger partial charge >= 0.3 is 12.1 Å². The number of aromatic hydroxyl groups is 1. The molecule has 0 aromatic heterocycles. The van der Waals surface area contributed by atoms with Gasteiger partial charge < -0.3 is 14.9 Å². The number of carboxylic acid groups (broad SMARTS) is 1. The van der Waals surface area contributed by atoms with Gasteiger partial charge in [-0.2, -0.15) is 0 Å². The van der Waals surface area contributed by atoms with Gasteiger partial charge in [0, 0.05) is 11.8 Å². The predicted molar refractivity (Wildman–Crippen MR) is 60.3 cm³/mol. The van der Waals surface area contributed by atoms with Crippen LogP contribution in [-0.4, -0.2) is 28.9 Å². The fourth-order valence-corrected chi connectivity index (χ4v) is 1.14. The molecule has 1 rings (SSSR count). The number of phenols is 1. The lowest BCUT2D eigenvalue weighted by atomic mass is 10.2. The van der Waals surface area contributed by atoms with E-state index in [1.807, 2.05) is 6.92 Å². The highest BCUT2D eigenvalue weighted by molar-refractivity contribution is 5.92. The molecule has 0 spiro atoms. The van der Waals surface area contributed by atoms with E-state index in [1.54, 1.807) is 0 Å². The Morgan fingerprint density at radius 3 is 2.65 bits per heavy atom. The van der Waals surface area contributed by atoms with Crippen molar-refractivity contribution in [2.75, 3.05) is 11.9 Å². The molecule has 6 heteroatoms. The van der Waals surface area contributed by atoms with Gasteiger partial charge in [0.25, 0.3) is 0 Å². The van der Waals surface area contributed by atoms with E-state index < -0.39 is 17.8 Å². The van der Waals surface area contributed by atoms with E-state index in [-0.39, 0.29) is 11.3 Å². The summed E-state index contributed by atoms with van der Waals surface area (Å²) in [6.07, 6.45) is 0.0608. The molecule has 1 aromatic rings. The average Bonchev–Trinajstić information content (AvgIpc) is 2.26. The number of hydrogen-bond donors (Lipinski definition) is 3. The Hall–Kier alpha value is -2.24. The Balaban J connectivity index is 2.70. The molecule has 6 nitrogen and oxygen atoms in total. The number of anilines is 1. The topological polar surface area (TPSA) is 95.9 Å². The smallest absolute Gasteiger partial charge is 0.411 e. The monoisotopic (exact) mass is 239 g/mol. The van der Waals surface area contributed by atoms with Crippen LogP contribution in [0.15, 0.2) is 18.2 Å². The van der Waals surface area contributed by atoms with Gasteiger partial charge in [0.1, 0.15) is 11.3 Å². The Kier molecular flexibility index (Phi) is 4.33. The van der Waals surface area contributed by atoms with E-state index in [2.05, 4.69) is 5.32 Å². The molecule has 1 amide bonds. The van der Waals surface area contributed by atoms with E-state index >= 15 is 0 Å². The molecular weight excluding hydrogens is 226 g/mol. The minimum atomic E-state index is -1.23. The minimum Gasteiger partial charge on any atom is -0.507 e. The normalized spacial score (nSPS) is 9.71. The minimum absolute atomic E-state index is 0.225. The number of benzene rings is 1. The number of nitrogens with one attached hydrogen (secondary N) is 1. The van der Waals surface area contributed by atoms with Gasteiger partial charge in [-0.25, -0.2) is 9.59 Å². The van der Waals surface area contributed by atoms with Crippen LogP contribution in [0, 0.1) is 0 Å². The van der Waals surface area contributed by atoms with Crippen LogP contribution in [0.5, 0.6) is 5.75 Å². The third kappa shape index (κ3) is 3.67. The molecule has 17 heavy (non-hydrogen) atoms. The summed E-state index contributed by atoms with van der Waals surface area (Å²) in [5, 5.41) is 20.4. The van der Waals surface area contributed by atoms with E-state index in [4.69, 9.17) is 9.84 Å². The summed E-state index contributed by atoms with van der Waals surface area (Å²) in [6.45, 7) is 2.16. The summed E-state index contributed by atoms with van der Waals surface area (Å²) in [4.78, 5) is 21.8. The van der Waals surface area contributed by atoms with Gasteiger partial charge in [-0.05, 0) is 18.6 Å². The first-order chi connectivity index (χ1) is 8.04. The van der Waals surface area contributed by atoms with Crippen LogP contribution in [-0.2, 0) is 4.74 Å². The van der Waals surface area contributed by atoms with Crippen LogP contribution >= 0.6 is 0 Å². The molecule has 0 unspecified atom stereocenters. The SMILES string of the molecule is CCCOC(=O)Nc1ccc(C(=O)O)c(O)c1. The fourth-order valence-electron chi connectivity index (χ4n) is 1.14. The van der Waals surface area contributed by atoms with Gasteiger partial charge in [0.05, 0.1) is 6.61 Å². The van der Waals surface area contributed by atoms with E-state index in [0.29, 0.717) is 13.0 Å². The maximum absolute atomic E-state index is 11.2. The lowest BCUT2D eigenvalue weighted by Crippen LogP contribution is -2.14. The third-order valence-corrected chi connectivity index (χ3v) is 1.91. The number of hydrogen-bond acceptors (Lipinski definition) is 4. The van der Waals surface area contributed by atoms with Gasteiger partial charge in [-0.1, -0.05) is 6.92 Å². The quantitative estimate of drug-likeness (QED) is 0.747. The van der Waals surface area contributed by atoms with Crippen molar-refractivity contribution in [3.05, 3.63) is 23.8 Å². The van der Waals surface area contributed by atoms with Gasteiger partial charge in [-0.15, -0.1) is 0 Å². The molecule has 0 aliphatic carbocycles. The van der Waals surface area contributed by atoms with Crippen molar-refractivity contribution < 1.29 is 24.5 Å². The van der Waals surface area contributed by atoms with Crippen molar-refractivity contribution in [1.82, 2.24) is 0 Å². The Morgan fingerprint density at radius 1 is 1.41 bits per heavy atom. The molecule has 0 heterocycles. The zero-order valence-corrected chi connectivity index (χ0v) is 9.27. The number of aromatic carboxylic acids is 1. The molecule has 0 aliphatic heterocycles. The fraction of sp³-hybridized carbons (Fsp3) is 0.273. The van der Waals surface area contributed by atoms with Crippen LogP contribution in [0.25, 0.3) is 0 Å². The second kappa shape index (κ2) is 5.74. The molecule has 0 saturated heterocycles. The van der Waals surface area contributed by atoms with Crippen molar-refractivity contribution in [3.8, 4) is 5.75 Å². The summed E-state index contributed by atoms with van der Waals surface area (Å²) >= 11 is 0. The van der Waals surface area contributed by atoms with Crippen LogP contribution < -0.4 is 5.32 Å². The van der Waals surface area contributed by atoms with Crippen molar-refractivity contribution in [2.45, 2.75) is 13.3 Å². The molecule has 3 N–H and O–H groups in total. The van der Waals surface area contributed by atoms with Gasteiger partial charge in [0.2, 0.25) is 0 Å². The molecule has 92 valence electrons. The molecule has 0 atom stereocenters. The predicted octanol–water partition coefficient (Wildman–Crippen LogP) is 2.05. The van der Waals surface area contributed by atoms with Crippen molar-refractivity contribution in [1.29, 1.82) is 0 Å². The molecule has 0 aliphatic rings.